The molecule has 1 aromatic heterocycles. The van der Waals surface area contributed by atoms with Gasteiger partial charge in [0.05, 0.1) is 11.9 Å². The van der Waals surface area contributed by atoms with Gasteiger partial charge in [0, 0.05) is 12.1 Å². The predicted octanol–water partition coefficient (Wildman–Crippen LogP) is 0.139. The van der Waals surface area contributed by atoms with Crippen LogP contribution in [0, 0.1) is 6.92 Å². The van der Waals surface area contributed by atoms with Gasteiger partial charge in [-0.2, -0.15) is 5.10 Å². The van der Waals surface area contributed by atoms with E-state index in [-0.39, 0.29) is 10.4 Å². The number of rotatable bonds is 4. The molecule has 1 fully saturated rings. The molecule has 7 heteroatoms. The molecule has 3 N–H and O–H groups in total. The highest BCUT2D eigenvalue weighted by Gasteiger charge is 2.30. The number of sulfonamides is 1. The van der Waals surface area contributed by atoms with Crippen molar-refractivity contribution in [3.05, 3.63) is 11.9 Å². The Labute approximate surface area is 101 Å². The fourth-order valence-corrected chi connectivity index (χ4v) is 3.35. The SMILES string of the molecule is Cc1[nH]ncc1S(=O)(=O)NCC1(C)CCCN1. The Morgan fingerprint density at radius 3 is 2.88 bits per heavy atom. The van der Waals surface area contributed by atoms with Crippen molar-refractivity contribution in [1.29, 1.82) is 0 Å². The van der Waals surface area contributed by atoms with E-state index in [0.717, 1.165) is 19.4 Å². The summed E-state index contributed by atoms with van der Waals surface area (Å²) >= 11 is 0. The van der Waals surface area contributed by atoms with E-state index in [1.807, 2.05) is 6.92 Å². The summed E-state index contributed by atoms with van der Waals surface area (Å²) in [5.74, 6) is 0. The first-order valence-electron chi connectivity index (χ1n) is 5.68. The van der Waals surface area contributed by atoms with Crippen LogP contribution in [0.3, 0.4) is 0 Å². The van der Waals surface area contributed by atoms with Crippen molar-refractivity contribution in [3.8, 4) is 0 Å². The van der Waals surface area contributed by atoms with Crippen LogP contribution >= 0.6 is 0 Å². The smallest absolute Gasteiger partial charge is 0.244 e. The lowest BCUT2D eigenvalue weighted by Gasteiger charge is -2.24. The van der Waals surface area contributed by atoms with Crippen LogP contribution in [-0.2, 0) is 10.0 Å². The van der Waals surface area contributed by atoms with Crippen LogP contribution in [0.4, 0.5) is 0 Å². The maximum atomic E-state index is 12.0. The molecular weight excluding hydrogens is 240 g/mol. The molecule has 2 heterocycles. The van der Waals surface area contributed by atoms with Crippen molar-refractivity contribution >= 4 is 10.0 Å². The molecule has 0 saturated carbocycles. The van der Waals surface area contributed by atoms with Crippen LogP contribution in [0.25, 0.3) is 0 Å². The Morgan fingerprint density at radius 1 is 1.59 bits per heavy atom. The van der Waals surface area contributed by atoms with E-state index in [1.165, 1.54) is 6.20 Å². The molecule has 2 rings (SSSR count). The second-order valence-electron chi connectivity index (χ2n) is 4.77. The number of hydrogen-bond acceptors (Lipinski definition) is 4. The third-order valence-electron chi connectivity index (χ3n) is 3.18. The first-order chi connectivity index (χ1) is 7.93. The van der Waals surface area contributed by atoms with E-state index in [0.29, 0.717) is 12.2 Å². The van der Waals surface area contributed by atoms with Crippen molar-refractivity contribution in [2.45, 2.75) is 37.1 Å². The van der Waals surface area contributed by atoms with Gasteiger partial charge in [-0.25, -0.2) is 13.1 Å². The molecule has 6 nitrogen and oxygen atoms in total. The number of nitrogens with zero attached hydrogens (tertiary/aromatic N) is 1. The van der Waals surface area contributed by atoms with Crippen LogP contribution in [-0.4, -0.2) is 37.2 Å². The molecule has 0 radical (unpaired) electrons. The summed E-state index contributed by atoms with van der Waals surface area (Å²) in [7, 11) is -3.46. The molecule has 1 unspecified atom stereocenters. The lowest BCUT2D eigenvalue weighted by atomic mass is 10.0. The summed E-state index contributed by atoms with van der Waals surface area (Å²) in [6, 6.07) is 0. The zero-order valence-corrected chi connectivity index (χ0v) is 10.9. The van der Waals surface area contributed by atoms with E-state index in [4.69, 9.17) is 0 Å². The Bertz CT molecular complexity index is 488. The second-order valence-corrected chi connectivity index (χ2v) is 6.51. The van der Waals surface area contributed by atoms with E-state index in [9.17, 15) is 8.42 Å². The van der Waals surface area contributed by atoms with E-state index < -0.39 is 10.0 Å². The van der Waals surface area contributed by atoms with Gasteiger partial charge in [0.25, 0.3) is 0 Å². The maximum Gasteiger partial charge on any atom is 0.244 e. The topological polar surface area (TPSA) is 86.9 Å². The molecule has 0 spiro atoms. The van der Waals surface area contributed by atoms with Crippen molar-refractivity contribution in [3.63, 3.8) is 0 Å². The van der Waals surface area contributed by atoms with Gasteiger partial charge in [0.15, 0.2) is 0 Å². The van der Waals surface area contributed by atoms with E-state index >= 15 is 0 Å². The molecule has 96 valence electrons. The van der Waals surface area contributed by atoms with Crippen molar-refractivity contribution in [2.24, 2.45) is 0 Å². The molecule has 1 aliphatic rings. The van der Waals surface area contributed by atoms with Gasteiger partial charge in [-0.15, -0.1) is 0 Å². The quantitative estimate of drug-likeness (QED) is 0.717. The Morgan fingerprint density at radius 2 is 2.35 bits per heavy atom. The van der Waals surface area contributed by atoms with Crippen LogP contribution in [0.1, 0.15) is 25.5 Å². The second kappa shape index (κ2) is 4.40. The van der Waals surface area contributed by atoms with Gasteiger partial charge < -0.3 is 5.32 Å². The minimum absolute atomic E-state index is 0.134. The van der Waals surface area contributed by atoms with Crippen LogP contribution in [0.2, 0.25) is 0 Å². The molecule has 0 aliphatic carbocycles. The van der Waals surface area contributed by atoms with Crippen LogP contribution in [0.15, 0.2) is 11.1 Å². The summed E-state index contributed by atoms with van der Waals surface area (Å²) < 4.78 is 26.7. The Kier molecular flexibility index (Phi) is 3.24. The predicted molar refractivity (Wildman–Crippen MR) is 64.2 cm³/mol. The summed E-state index contributed by atoms with van der Waals surface area (Å²) in [6.45, 7) is 5.07. The van der Waals surface area contributed by atoms with Crippen molar-refractivity contribution in [1.82, 2.24) is 20.2 Å². The van der Waals surface area contributed by atoms with Crippen LogP contribution < -0.4 is 10.0 Å². The first kappa shape index (κ1) is 12.5. The number of hydrogen-bond donors (Lipinski definition) is 3. The Balaban J connectivity index is 2.06. The number of H-pyrrole nitrogens is 1. The third kappa shape index (κ3) is 2.67. The number of aromatic amines is 1. The molecule has 1 aliphatic heterocycles. The minimum atomic E-state index is -3.46. The average molecular weight is 258 g/mol. The fraction of sp³-hybridized carbons (Fsp3) is 0.700. The van der Waals surface area contributed by atoms with Gasteiger partial charge >= 0.3 is 0 Å². The van der Waals surface area contributed by atoms with Gasteiger partial charge in [-0.3, -0.25) is 5.10 Å². The largest absolute Gasteiger partial charge is 0.310 e. The summed E-state index contributed by atoms with van der Waals surface area (Å²) in [5, 5.41) is 9.67. The maximum absolute atomic E-state index is 12.0. The molecule has 0 amide bonds. The molecule has 1 aromatic rings. The first-order valence-corrected chi connectivity index (χ1v) is 7.16. The van der Waals surface area contributed by atoms with Gasteiger partial charge in [0.2, 0.25) is 10.0 Å². The zero-order chi connectivity index (χ0) is 12.5. The van der Waals surface area contributed by atoms with Gasteiger partial charge in [-0.1, -0.05) is 0 Å². The average Bonchev–Trinajstić information content (AvgIpc) is 2.86. The van der Waals surface area contributed by atoms with Gasteiger partial charge in [0.1, 0.15) is 4.90 Å². The Hall–Kier alpha value is -0.920. The lowest BCUT2D eigenvalue weighted by molar-refractivity contribution is 0.409. The summed E-state index contributed by atoms with van der Waals surface area (Å²) in [5.41, 5.74) is 0.423. The van der Waals surface area contributed by atoms with Crippen molar-refractivity contribution in [2.75, 3.05) is 13.1 Å². The van der Waals surface area contributed by atoms with Crippen LogP contribution in [0.5, 0.6) is 0 Å². The number of nitrogens with one attached hydrogen (secondary N) is 3. The van der Waals surface area contributed by atoms with E-state index in [2.05, 4.69) is 20.2 Å². The summed E-state index contributed by atoms with van der Waals surface area (Å²) in [4.78, 5) is 0.221. The monoisotopic (exact) mass is 258 g/mol. The van der Waals surface area contributed by atoms with Crippen molar-refractivity contribution < 1.29 is 8.42 Å². The number of aryl methyl sites for hydroxylation is 1. The molecular formula is C10H18N4O2S. The molecule has 1 atom stereocenters. The highest BCUT2D eigenvalue weighted by Crippen LogP contribution is 2.18. The zero-order valence-electron chi connectivity index (χ0n) is 10.1. The lowest BCUT2D eigenvalue weighted by Crippen LogP contribution is -2.47. The molecule has 1 saturated heterocycles. The highest BCUT2D eigenvalue weighted by molar-refractivity contribution is 7.89. The third-order valence-corrected chi connectivity index (χ3v) is 4.70. The fourth-order valence-electron chi connectivity index (χ4n) is 2.05. The normalized spacial score (nSPS) is 25.3. The molecule has 0 bridgehead atoms. The molecule has 0 aromatic carbocycles. The van der Waals surface area contributed by atoms with E-state index in [1.54, 1.807) is 6.92 Å². The summed E-state index contributed by atoms with van der Waals surface area (Å²) in [6.07, 6.45) is 3.41. The minimum Gasteiger partial charge on any atom is -0.310 e. The standard InChI is InChI=1S/C10H18N4O2S/c1-8-9(6-12-14-8)17(15,16)13-7-10(2)4-3-5-11-10/h6,11,13H,3-5,7H2,1-2H3,(H,12,14). The highest BCUT2D eigenvalue weighted by atomic mass is 32.2. The van der Waals surface area contributed by atoms with Gasteiger partial charge in [-0.05, 0) is 33.2 Å². The number of aromatic nitrogens is 2. The molecule has 17 heavy (non-hydrogen) atoms.